The van der Waals surface area contributed by atoms with Gasteiger partial charge in [-0.3, -0.25) is 0 Å². The van der Waals surface area contributed by atoms with E-state index in [1.165, 1.54) is 5.56 Å². The summed E-state index contributed by atoms with van der Waals surface area (Å²) < 4.78 is 27.4. The van der Waals surface area contributed by atoms with E-state index < -0.39 is 8.32 Å². The van der Waals surface area contributed by atoms with Gasteiger partial charge in [-0.25, -0.2) is 14.4 Å². The lowest BCUT2D eigenvalue weighted by Crippen LogP contribution is -2.41. The number of fused-ring (bicyclic) bond motifs is 1. The number of benzene rings is 2. The number of anilines is 2. The number of piperidine rings is 1. The summed E-state index contributed by atoms with van der Waals surface area (Å²) in [4.78, 5) is 12.1. The average molecular weight is 551 g/mol. The first-order valence-corrected chi connectivity index (χ1v) is 17.2. The lowest BCUT2D eigenvalue weighted by Gasteiger charge is -2.36. The number of ether oxygens (including phenoxy) is 1. The first kappa shape index (κ1) is 27.8. The summed E-state index contributed by atoms with van der Waals surface area (Å²) >= 11 is 0. The highest BCUT2D eigenvalue weighted by molar-refractivity contribution is 6.74. The topological polar surface area (TPSA) is 59.5 Å². The highest BCUT2D eigenvalue weighted by atomic mass is 28.4. The van der Waals surface area contributed by atoms with E-state index in [-0.39, 0.29) is 10.9 Å². The summed E-state index contributed by atoms with van der Waals surface area (Å²) in [6.07, 6.45) is 4.15. The highest BCUT2D eigenvalue weighted by Crippen LogP contribution is 2.42. The number of nitrogens with one attached hydrogen (secondary N) is 1. The molecule has 5 rings (SSSR count). The Bertz CT molecular complexity index is 1310. The molecular formula is C31H43FN4O2Si. The van der Waals surface area contributed by atoms with Gasteiger partial charge in [-0.15, -0.1) is 0 Å². The van der Waals surface area contributed by atoms with Crippen LogP contribution in [0.15, 0.2) is 36.4 Å². The molecule has 0 spiro atoms. The van der Waals surface area contributed by atoms with Gasteiger partial charge in [0.15, 0.2) is 14.1 Å². The first-order valence-electron chi connectivity index (χ1n) is 14.3. The van der Waals surface area contributed by atoms with Crippen molar-refractivity contribution in [3.05, 3.63) is 53.6 Å². The molecule has 1 saturated heterocycles. The number of aromatic nitrogens is 2. The van der Waals surface area contributed by atoms with Gasteiger partial charge in [0.1, 0.15) is 22.9 Å². The molecule has 2 fully saturated rings. The van der Waals surface area contributed by atoms with Crippen molar-refractivity contribution in [2.45, 2.75) is 76.4 Å². The number of para-hydroxylation sites is 1. The van der Waals surface area contributed by atoms with Crippen LogP contribution in [0, 0.1) is 5.82 Å². The van der Waals surface area contributed by atoms with Gasteiger partial charge in [0, 0.05) is 36.6 Å². The van der Waals surface area contributed by atoms with Gasteiger partial charge in [0.25, 0.3) is 0 Å². The molecule has 210 valence electrons. The summed E-state index contributed by atoms with van der Waals surface area (Å²) in [5, 5.41) is 4.33. The second-order valence-electron chi connectivity index (χ2n) is 12.6. The zero-order valence-corrected chi connectivity index (χ0v) is 25.3. The van der Waals surface area contributed by atoms with Crippen molar-refractivity contribution in [3.8, 4) is 5.75 Å². The molecule has 1 aliphatic carbocycles. The smallest absolute Gasteiger partial charge is 0.192 e. The molecule has 0 bridgehead atoms. The van der Waals surface area contributed by atoms with E-state index in [0.29, 0.717) is 30.5 Å². The Labute approximate surface area is 233 Å². The van der Waals surface area contributed by atoms with Crippen molar-refractivity contribution < 1.29 is 13.6 Å². The van der Waals surface area contributed by atoms with Crippen LogP contribution in [-0.2, 0) is 4.43 Å². The van der Waals surface area contributed by atoms with Gasteiger partial charge in [0.05, 0.1) is 13.7 Å². The molecule has 1 aliphatic heterocycles. The number of hydrogen-bond donors (Lipinski definition) is 1. The van der Waals surface area contributed by atoms with Crippen LogP contribution in [0.2, 0.25) is 18.1 Å². The van der Waals surface area contributed by atoms with Crippen molar-refractivity contribution >= 4 is 30.7 Å². The molecule has 8 heteroatoms. The molecule has 0 amide bonds. The van der Waals surface area contributed by atoms with Crippen LogP contribution in [-0.4, -0.2) is 51.6 Å². The van der Waals surface area contributed by atoms with Crippen molar-refractivity contribution in [2.24, 2.45) is 0 Å². The summed E-state index contributed by atoms with van der Waals surface area (Å²) in [6, 6.07) is 11.9. The van der Waals surface area contributed by atoms with Crippen LogP contribution >= 0.6 is 0 Å². The molecule has 3 aromatic rings. The third kappa shape index (κ3) is 6.07. The first-order chi connectivity index (χ1) is 18.6. The van der Waals surface area contributed by atoms with E-state index in [2.05, 4.69) is 56.2 Å². The molecule has 1 N–H and O–H groups in total. The minimum Gasteiger partial charge on any atom is -0.496 e. The fraction of sp³-hybridized carbons (Fsp3) is 0.548. The summed E-state index contributed by atoms with van der Waals surface area (Å²) in [7, 11) is -0.0893. The van der Waals surface area contributed by atoms with Gasteiger partial charge in [-0.1, -0.05) is 39.0 Å². The Morgan fingerprint density at radius 2 is 1.74 bits per heavy atom. The fourth-order valence-corrected chi connectivity index (χ4v) is 6.23. The third-order valence-corrected chi connectivity index (χ3v) is 13.3. The molecule has 6 nitrogen and oxygen atoms in total. The second kappa shape index (κ2) is 11.0. The Kier molecular flexibility index (Phi) is 7.88. The van der Waals surface area contributed by atoms with E-state index in [1.54, 1.807) is 13.2 Å². The predicted molar refractivity (Wildman–Crippen MR) is 160 cm³/mol. The minimum absolute atomic E-state index is 0.159. The van der Waals surface area contributed by atoms with Crippen LogP contribution in [0.1, 0.15) is 69.7 Å². The maximum absolute atomic E-state index is 15.5. The minimum atomic E-state index is -1.83. The third-order valence-electron chi connectivity index (χ3n) is 8.77. The van der Waals surface area contributed by atoms with Crippen LogP contribution in [0.4, 0.5) is 15.9 Å². The number of hydrogen-bond acceptors (Lipinski definition) is 6. The van der Waals surface area contributed by atoms with Crippen LogP contribution in [0.3, 0.4) is 0 Å². The van der Waals surface area contributed by atoms with Gasteiger partial charge in [-0.2, -0.15) is 0 Å². The number of nitrogens with zero attached hydrogens (tertiary/aromatic N) is 3. The Balaban J connectivity index is 1.36. The Morgan fingerprint density at radius 1 is 1.03 bits per heavy atom. The highest BCUT2D eigenvalue weighted by Gasteiger charge is 2.37. The molecule has 2 aromatic carbocycles. The standard InChI is InChI=1S/C31H43FN4O2Si/c1-31(2,3)39(5,6)38-18-15-33-23-19-25-28(26(32)20-23)34-29(22-11-12-22)35-30(25)36-16-13-21(14-17-36)24-9-7-8-10-27(24)37-4/h7-10,19-22,33H,11-18H2,1-6H3. The molecule has 1 saturated carbocycles. The maximum atomic E-state index is 15.5. The van der Waals surface area contributed by atoms with Crippen LogP contribution in [0.5, 0.6) is 5.75 Å². The molecule has 2 heterocycles. The van der Waals surface area contributed by atoms with Gasteiger partial charge in [0.2, 0.25) is 0 Å². The normalized spacial score (nSPS) is 17.1. The quantitative estimate of drug-likeness (QED) is 0.220. The maximum Gasteiger partial charge on any atom is 0.192 e. The van der Waals surface area contributed by atoms with Crippen LogP contribution in [0.25, 0.3) is 10.9 Å². The fourth-order valence-electron chi connectivity index (χ4n) is 5.18. The summed E-state index contributed by atoms with van der Waals surface area (Å²) in [5.41, 5.74) is 2.44. The second-order valence-corrected chi connectivity index (χ2v) is 17.4. The van der Waals surface area contributed by atoms with Crippen molar-refractivity contribution in [1.82, 2.24) is 9.97 Å². The van der Waals surface area contributed by atoms with Gasteiger partial charge < -0.3 is 19.4 Å². The van der Waals surface area contributed by atoms with Gasteiger partial charge >= 0.3 is 0 Å². The lowest BCUT2D eigenvalue weighted by atomic mass is 9.88. The lowest BCUT2D eigenvalue weighted by molar-refractivity contribution is 0.301. The predicted octanol–water partition coefficient (Wildman–Crippen LogP) is 7.47. The zero-order chi connectivity index (χ0) is 27.8. The molecule has 39 heavy (non-hydrogen) atoms. The van der Waals surface area contributed by atoms with E-state index in [0.717, 1.165) is 67.2 Å². The molecule has 0 unspecified atom stereocenters. The largest absolute Gasteiger partial charge is 0.496 e. The Morgan fingerprint density at radius 3 is 2.41 bits per heavy atom. The summed E-state index contributed by atoms with van der Waals surface area (Å²) in [5.74, 6) is 3.09. The van der Waals surface area contributed by atoms with E-state index >= 15 is 4.39 Å². The van der Waals surface area contributed by atoms with Crippen molar-refractivity contribution in [3.63, 3.8) is 0 Å². The molecule has 0 radical (unpaired) electrons. The van der Waals surface area contributed by atoms with E-state index in [1.807, 2.05) is 18.2 Å². The average Bonchev–Trinajstić information content (AvgIpc) is 3.76. The number of rotatable bonds is 9. The molecule has 2 aliphatic rings. The zero-order valence-electron chi connectivity index (χ0n) is 24.3. The molecule has 0 atom stereocenters. The number of halogens is 1. The monoisotopic (exact) mass is 550 g/mol. The van der Waals surface area contributed by atoms with E-state index in [4.69, 9.17) is 19.1 Å². The van der Waals surface area contributed by atoms with Gasteiger partial charge in [-0.05, 0) is 73.5 Å². The molecule has 1 aromatic heterocycles. The van der Waals surface area contributed by atoms with Crippen molar-refractivity contribution in [1.29, 1.82) is 0 Å². The van der Waals surface area contributed by atoms with Crippen molar-refractivity contribution in [2.75, 3.05) is 43.6 Å². The Hall–Kier alpha value is -2.71. The SMILES string of the molecule is COc1ccccc1C1CCN(c2nc(C3CC3)nc3c(F)cc(NCCO[Si](C)(C)C(C)(C)C)cc23)CC1. The molecular weight excluding hydrogens is 507 g/mol. The number of methoxy groups -OCH3 is 1. The van der Waals surface area contributed by atoms with Crippen LogP contribution < -0.4 is 15.0 Å². The van der Waals surface area contributed by atoms with E-state index in [9.17, 15) is 0 Å². The summed E-state index contributed by atoms with van der Waals surface area (Å²) in [6.45, 7) is 14.2.